The van der Waals surface area contributed by atoms with Crippen molar-refractivity contribution in [3.8, 4) is 11.4 Å². The Bertz CT molecular complexity index is 3250. The van der Waals surface area contributed by atoms with Crippen molar-refractivity contribution < 1.29 is 0 Å². The minimum atomic E-state index is 1.12. The molecule has 0 fully saturated rings. The summed E-state index contributed by atoms with van der Waals surface area (Å²) < 4.78 is 4.91. The summed E-state index contributed by atoms with van der Waals surface area (Å²) in [6, 6.07) is 73.4. The third-order valence-corrected chi connectivity index (χ3v) is 11.6. The van der Waals surface area contributed by atoms with Gasteiger partial charge < -0.3 is 14.0 Å². The van der Waals surface area contributed by atoms with E-state index in [0.717, 1.165) is 28.4 Å². The summed E-state index contributed by atoms with van der Waals surface area (Å²) in [6.45, 7) is 0. The molecular formula is C52H33N3. The Morgan fingerprint density at radius 1 is 0.273 bits per heavy atom. The number of rotatable bonds is 5. The van der Waals surface area contributed by atoms with Gasteiger partial charge in [0, 0.05) is 38.3 Å². The molecule has 0 amide bonds. The summed E-state index contributed by atoms with van der Waals surface area (Å²) in [4.78, 5) is 2.55. The molecule has 0 N–H and O–H groups in total. The molecule has 0 aliphatic heterocycles. The summed E-state index contributed by atoms with van der Waals surface area (Å²) in [6.07, 6.45) is 0. The third kappa shape index (κ3) is 4.26. The Morgan fingerprint density at radius 2 is 0.709 bits per heavy atom. The molecule has 2 aromatic heterocycles. The van der Waals surface area contributed by atoms with E-state index in [-0.39, 0.29) is 0 Å². The minimum Gasteiger partial charge on any atom is -0.307 e. The van der Waals surface area contributed by atoms with Gasteiger partial charge in [-0.2, -0.15) is 0 Å². The van der Waals surface area contributed by atoms with Crippen molar-refractivity contribution in [3.63, 3.8) is 0 Å². The van der Waals surface area contributed by atoms with Gasteiger partial charge in [0.15, 0.2) is 0 Å². The monoisotopic (exact) mass is 699 g/mol. The lowest BCUT2D eigenvalue weighted by Crippen LogP contribution is -2.14. The molecular weight excluding hydrogens is 667 g/mol. The van der Waals surface area contributed by atoms with Crippen LogP contribution >= 0.6 is 0 Å². The van der Waals surface area contributed by atoms with Crippen LogP contribution in [0.25, 0.3) is 87.3 Å². The normalized spacial score (nSPS) is 12.0. The van der Waals surface area contributed by atoms with E-state index in [1.165, 1.54) is 75.9 Å². The molecule has 0 aliphatic rings. The maximum Gasteiger partial charge on any atom is 0.0782 e. The molecule has 0 spiro atoms. The predicted molar refractivity (Wildman–Crippen MR) is 234 cm³/mol. The lowest BCUT2D eigenvalue weighted by Gasteiger charge is -2.30. The van der Waals surface area contributed by atoms with Crippen LogP contribution < -0.4 is 4.90 Å². The van der Waals surface area contributed by atoms with Gasteiger partial charge in [0.1, 0.15) is 0 Å². The number of nitrogens with zero attached hydrogens (tertiary/aromatic N) is 3. The average Bonchev–Trinajstić information content (AvgIpc) is 3.78. The number of para-hydroxylation sites is 6. The highest BCUT2D eigenvalue weighted by Crippen LogP contribution is 2.50. The van der Waals surface area contributed by atoms with Crippen molar-refractivity contribution in [1.29, 1.82) is 0 Å². The van der Waals surface area contributed by atoms with Crippen molar-refractivity contribution in [3.05, 3.63) is 200 Å². The SMILES string of the molecule is c1ccc(-n2c3ccccc3c3cccc(N(c4ccc5ccc6cccc7ccc4c5c67)c4cccc5c6ccccc6n(-c6ccccc6)c45)c32)cc1. The van der Waals surface area contributed by atoms with E-state index in [4.69, 9.17) is 0 Å². The fourth-order valence-electron chi connectivity index (χ4n) is 9.36. The second kappa shape index (κ2) is 11.6. The van der Waals surface area contributed by atoms with Gasteiger partial charge in [0.25, 0.3) is 0 Å². The number of fused-ring (bicyclic) bond motifs is 6. The smallest absolute Gasteiger partial charge is 0.0782 e. The Kier molecular flexibility index (Phi) is 6.34. The fourth-order valence-corrected chi connectivity index (χ4v) is 9.36. The first-order valence-corrected chi connectivity index (χ1v) is 19.0. The molecule has 12 rings (SSSR count). The first kappa shape index (κ1) is 30.1. The summed E-state index contributed by atoms with van der Waals surface area (Å²) in [7, 11) is 0. The Balaban J connectivity index is 1.29. The molecule has 3 nitrogen and oxygen atoms in total. The van der Waals surface area contributed by atoms with Crippen LogP contribution in [0, 0.1) is 0 Å². The van der Waals surface area contributed by atoms with E-state index in [1.807, 2.05) is 0 Å². The first-order valence-electron chi connectivity index (χ1n) is 19.0. The number of hydrogen-bond donors (Lipinski definition) is 0. The highest BCUT2D eigenvalue weighted by molar-refractivity contribution is 6.27. The zero-order chi connectivity index (χ0) is 36.0. The molecule has 0 unspecified atom stereocenters. The Hall–Kier alpha value is -7.36. The standard InChI is InChI=1S/C52H33N3/c1-3-16-37(17-4-1)53-44-24-9-7-20-39(44)41-22-12-26-47(51(41)53)55(46-33-31-36-29-28-34-14-11-15-35-30-32-43(46)50(36)49(34)35)48-27-13-23-42-40-21-8-10-25-45(40)54(52(42)48)38-18-5-2-6-19-38/h1-33H. The third-order valence-electron chi connectivity index (χ3n) is 11.6. The van der Waals surface area contributed by atoms with Crippen LogP contribution in [0.3, 0.4) is 0 Å². The summed E-state index contributed by atoms with van der Waals surface area (Å²) in [5.41, 5.74) is 10.3. The van der Waals surface area contributed by atoms with Crippen molar-refractivity contribution >= 4 is 93.0 Å². The van der Waals surface area contributed by atoms with Crippen molar-refractivity contribution in [2.75, 3.05) is 4.90 Å². The highest BCUT2D eigenvalue weighted by atomic mass is 15.2. The maximum absolute atomic E-state index is 2.55. The van der Waals surface area contributed by atoms with Gasteiger partial charge in [-0.1, -0.05) is 146 Å². The van der Waals surface area contributed by atoms with Gasteiger partial charge >= 0.3 is 0 Å². The molecule has 256 valence electrons. The van der Waals surface area contributed by atoms with Crippen LogP contribution in [0.2, 0.25) is 0 Å². The number of anilines is 3. The van der Waals surface area contributed by atoms with Gasteiger partial charge in [0.2, 0.25) is 0 Å². The molecule has 0 saturated carbocycles. The van der Waals surface area contributed by atoms with Crippen molar-refractivity contribution in [2.24, 2.45) is 0 Å². The van der Waals surface area contributed by atoms with Crippen molar-refractivity contribution in [1.82, 2.24) is 9.13 Å². The molecule has 2 heterocycles. The maximum atomic E-state index is 2.55. The highest BCUT2D eigenvalue weighted by Gasteiger charge is 2.27. The molecule has 12 aromatic rings. The van der Waals surface area contributed by atoms with Gasteiger partial charge in [-0.3, -0.25) is 0 Å². The van der Waals surface area contributed by atoms with Crippen LogP contribution in [0.15, 0.2) is 200 Å². The molecule has 0 aliphatic carbocycles. The quantitative estimate of drug-likeness (QED) is 0.163. The van der Waals surface area contributed by atoms with Crippen LogP contribution in [0.5, 0.6) is 0 Å². The Morgan fingerprint density at radius 3 is 1.27 bits per heavy atom. The first-order chi connectivity index (χ1) is 27.3. The van der Waals surface area contributed by atoms with Gasteiger partial charge in [0.05, 0.1) is 39.1 Å². The van der Waals surface area contributed by atoms with E-state index in [1.54, 1.807) is 0 Å². The topological polar surface area (TPSA) is 13.1 Å². The van der Waals surface area contributed by atoms with E-state index in [0.29, 0.717) is 0 Å². The number of aromatic nitrogens is 2. The largest absolute Gasteiger partial charge is 0.307 e. The summed E-state index contributed by atoms with van der Waals surface area (Å²) in [5.74, 6) is 0. The Labute approximate surface area is 317 Å². The lowest BCUT2D eigenvalue weighted by molar-refractivity contribution is 1.16. The molecule has 0 saturated heterocycles. The van der Waals surface area contributed by atoms with E-state index < -0.39 is 0 Å². The van der Waals surface area contributed by atoms with Crippen LogP contribution in [-0.4, -0.2) is 9.13 Å². The van der Waals surface area contributed by atoms with Crippen molar-refractivity contribution in [2.45, 2.75) is 0 Å². The zero-order valence-electron chi connectivity index (χ0n) is 29.9. The number of benzene rings is 10. The van der Waals surface area contributed by atoms with Crippen LogP contribution in [0.4, 0.5) is 17.1 Å². The second-order valence-corrected chi connectivity index (χ2v) is 14.5. The zero-order valence-corrected chi connectivity index (χ0v) is 29.9. The van der Waals surface area contributed by atoms with Gasteiger partial charge in [-0.05, 0) is 81.5 Å². The molecule has 0 atom stereocenters. The van der Waals surface area contributed by atoms with Crippen LogP contribution in [0.1, 0.15) is 0 Å². The van der Waals surface area contributed by atoms with Crippen LogP contribution in [-0.2, 0) is 0 Å². The van der Waals surface area contributed by atoms with Gasteiger partial charge in [-0.25, -0.2) is 0 Å². The second-order valence-electron chi connectivity index (χ2n) is 14.5. The van der Waals surface area contributed by atoms with E-state index in [9.17, 15) is 0 Å². The molecule has 10 aromatic carbocycles. The summed E-state index contributed by atoms with van der Waals surface area (Å²) >= 11 is 0. The predicted octanol–water partition coefficient (Wildman–Crippen LogP) is 14.2. The van der Waals surface area contributed by atoms with E-state index >= 15 is 0 Å². The molecule has 0 radical (unpaired) electrons. The molecule has 55 heavy (non-hydrogen) atoms. The molecule has 3 heteroatoms. The fraction of sp³-hybridized carbons (Fsp3) is 0. The van der Waals surface area contributed by atoms with Gasteiger partial charge in [-0.15, -0.1) is 0 Å². The average molecular weight is 700 g/mol. The summed E-state index contributed by atoms with van der Waals surface area (Å²) in [5, 5.41) is 12.5. The molecule has 0 bridgehead atoms. The minimum absolute atomic E-state index is 1.12. The lowest BCUT2D eigenvalue weighted by atomic mass is 9.93. The van der Waals surface area contributed by atoms with E-state index in [2.05, 4.69) is 214 Å². The number of hydrogen-bond acceptors (Lipinski definition) is 1.